The minimum Gasteiger partial charge on any atom is -0.314 e. The predicted molar refractivity (Wildman–Crippen MR) is 49.1 cm³/mol. The van der Waals surface area contributed by atoms with Gasteiger partial charge in [-0.05, 0) is 6.92 Å². The Morgan fingerprint density at radius 2 is 2.27 bits per heavy atom. The number of rotatable bonds is 2. The number of alkyl halides is 3. The molecule has 0 aromatic rings. The highest BCUT2D eigenvalue weighted by molar-refractivity contribution is 4.92. The lowest BCUT2D eigenvalue weighted by Crippen LogP contribution is -2.52. The Hall–Kier alpha value is -0.800. The minimum absolute atomic E-state index is 0.0527. The summed E-state index contributed by atoms with van der Waals surface area (Å²) >= 11 is 0. The van der Waals surface area contributed by atoms with Crippen molar-refractivity contribution in [1.82, 2.24) is 10.2 Å². The Morgan fingerprint density at radius 1 is 1.60 bits per heavy atom. The molecule has 0 bridgehead atoms. The van der Waals surface area contributed by atoms with Gasteiger partial charge in [-0.1, -0.05) is 0 Å². The van der Waals surface area contributed by atoms with Crippen LogP contribution in [0, 0.1) is 17.2 Å². The average Bonchev–Trinajstić information content (AvgIpc) is 2.14. The van der Waals surface area contributed by atoms with E-state index in [4.69, 9.17) is 5.26 Å². The second-order valence-corrected chi connectivity index (χ2v) is 3.77. The van der Waals surface area contributed by atoms with Crippen molar-refractivity contribution in [1.29, 1.82) is 5.26 Å². The fourth-order valence-electron chi connectivity index (χ4n) is 1.61. The van der Waals surface area contributed by atoms with Gasteiger partial charge in [-0.15, -0.1) is 0 Å². The van der Waals surface area contributed by atoms with Crippen LogP contribution in [0.2, 0.25) is 0 Å². The highest BCUT2D eigenvalue weighted by Crippen LogP contribution is 2.26. The summed E-state index contributed by atoms with van der Waals surface area (Å²) in [4.78, 5) is 1.71. The van der Waals surface area contributed by atoms with Gasteiger partial charge in [0, 0.05) is 32.2 Å². The minimum atomic E-state index is -4.42. The smallest absolute Gasteiger partial charge is 0.314 e. The first-order valence-electron chi connectivity index (χ1n) is 4.86. The summed E-state index contributed by atoms with van der Waals surface area (Å²) in [5.41, 5.74) is 0. The topological polar surface area (TPSA) is 39.1 Å². The molecule has 1 aliphatic heterocycles. The largest absolute Gasteiger partial charge is 0.405 e. The molecule has 0 aliphatic carbocycles. The zero-order valence-electron chi connectivity index (χ0n) is 8.51. The lowest BCUT2D eigenvalue weighted by molar-refractivity contribution is -0.164. The van der Waals surface area contributed by atoms with E-state index in [-0.39, 0.29) is 12.6 Å². The summed E-state index contributed by atoms with van der Waals surface area (Å²) in [7, 11) is 0. The van der Waals surface area contributed by atoms with Gasteiger partial charge in [0.25, 0.3) is 0 Å². The molecule has 0 aromatic carbocycles. The van der Waals surface area contributed by atoms with Crippen molar-refractivity contribution in [2.75, 3.05) is 26.2 Å². The Kier molecular flexibility index (Phi) is 3.94. The molecular formula is C9H14F3N3. The van der Waals surface area contributed by atoms with E-state index in [2.05, 4.69) is 5.32 Å². The molecular weight excluding hydrogens is 207 g/mol. The Labute approximate surface area is 86.9 Å². The summed E-state index contributed by atoms with van der Waals surface area (Å²) < 4.78 is 37.0. The van der Waals surface area contributed by atoms with Crippen LogP contribution < -0.4 is 5.32 Å². The van der Waals surface area contributed by atoms with Crippen LogP contribution in [0.3, 0.4) is 0 Å². The molecule has 86 valence electrons. The zero-order chi connectivity index (χ0) is 11.5. The van der Waals surface area contributed by atoms with Crippen molar-refractivity contribution in [3.63, 3.8) is 0 Å². The van der Waals surface area contributed by atoms with Crippen molar-refractivity contribution in [2.45, 2.75) is 19.1 Å². The maximum Gasteiger partial charge on any atom is 0.405 e. The van der Waals surface area contributed by atoms with Crippen molar-refractivity contribution in [3.05, 3.63) is 0 Å². The highest BCUT2D eigenvalue weighted by atomic mass is 19.4. The van der Waals surface area contributed by atoms with Gasteiger partial charge in [0.2, 0.25) is 0 Å². The normalized spacial score (nSPS) is 25.9. The summed E-state index contributed by atoms with van der Waals surface area (Å²) in [5, 5.41) is 11.6. The number of hydrogen-bond donors (Lipinski definition) is 1. The zero-order valence-corrected chi connectivity index (χ0v) is 8.51. The van der Waals surface area contributed by atoms with Crippen LogP contribution >= 0.6 is 0 Å². The maximum absolute atomic E-state index is 12.3. The quantitative estimate of drug-likeness (QED) is 0.755. The molecule has 2 atom stereocenters. The number of halogens is 3. The Balaban J connectivity index is 2.55. The molecule has 1 rings (SSSR count). The van der Waals surface area contributed by atoms with E-state index in [0.29, 0.717) is 19.6 Å². The second kappa shape index (κ2) is 4.81. The number of hydrogen-bond acceptors (Lipinski definition) is 3. The van der Waals surface area contributed by atoms with E-state index in [1.165, 1.54) is 6.07 Å². The molecule has 0 aromatic heterocycles. The van der Waals surface area contributed by atoms with Crippen LogP contribution in [0.4, 0.5) is 13.2 Å². The third kappa shape index (κ3) is 3.36. The molecule has 1 fully saturated rings. The van der Waals surface area contributed by atoms with Crippen LogP contribution in [-0.2, 0) is 0 Å². The van der Waals surface area contributed by atoms with Crippen LogP contribution in [0.25, 0.3) is 0 Å². The molecule has 3 nitrogen and oxygen atoms in total. The number of nitrogens with one attached hydrogen (secondary N) is 1. The van der Waals surface area contributed by atoms with Crippen LogP contribution in [0.15, 0.2) is 0 Å². The lowest BCUT2D eigenvalue weighted by atomic mass is 10.1. The van der Waals surface area contributed by atoms with Gasteiger partial charge in [0.1, 0.15) is 0 Å². The maximum atomic E-state index is 12.3. The number of nitriles is 1. The third-order valence-corrected chi connectivity index (χ3v) is 2.61. The number of nitrogens with zero attached hydrogens (tertiary/aromatic N) is 2. The monoisotopic (exact) mass is 221 g/mol. The molecule has 1 heterocycles. The molecule has 1 saturated heterocycles. The molecule has 6 heteroatoms. The van der Waals surface area contributed by atoms with Crippen molar-refractivity contribution >= 4 is 0 Å². The van der Waals surface area contributed by atoms with Gasteiger partial charge in [-0.25, -0.2) is 0 Å². The van der Waals surface area contributed by atoms with Crippen LogP contribution in [0.5, 0.6) is 0 Å². The first kappa shape index (κ1) is 12.3. The summed E-state index contributed by atoms with van der Waals surface area (Å²) in [6.07, 6.45) is -4.42. The first-order valence-corrected chi connectivity index (χ1v) is 4.86. The Bertz CT molecular complexity index is 246. The van der Waals surface area contributed by atoms with Gasteiger partial charge in [0.15, 0.2) is 5.92 Å². The lowest BCUT2D eigenvalue weighted by Gasteiger charge is -2.35. The van der Waals surface area contributed by atoms with E-state index in [1.807, 2.05) is 6.92 Å². The van der Waals surface area contributed by atoms with E-state index >= 15 is 0 Å². The molecule has 1 N–H and O–H groups in total. The standard InChI is InChI=1S/C9H14F3N3/c1-7-5-14-2-3-15(7)6-8(4-13)9(10,11)12/h7-8,14H,2-3,5-6H2,1H3/t7-,8?/m1/s1. The van der Waals surface area contributed by atoms with Crippen molar-refractivity contribution < 1.29 is 13.2 Å². The van der Waals surface area contributed by atoms with Crippen LogP contribution in [0.1, 0.15) is 6.92 Å². The van der Waals surface area contributed by atoms with E-state index in [9.17, 15) is 13.2 Å². The molecule has 1 aliphatic rings. The first-order chi connectivity index (χ1) is 6.95. The summed E-state index contributed by atoms with van der Waals surface area (Å²) in [6, 6.07) is 1.38. The molecule has 0 radical (unpaired) electrons. The third-order valence-electron chi connectivity index (χ3n) is 2.61. The predicted octanol–water partition coefficient (Wildman–Crippen LogP) is 0.982. The van der Waals surface area contributed by atoms with Crippen molar-refractivity contribution in [3.8, 4) is 6.07 Å². The molecule has 0 spiro atoms. The van der Waals surface area contributed by atoms with Crippen molar-refractivity contribution in [2.24, 2.45) is 5.92 Å². The van der Waals surface area contributed by atoms with Gasteiger partial charge < -0.3 is 5.32 Å². The highest BCUT2D eigenvalue weighted by Gasteiger charge is 2.41. The fourth-order valence-corrected chi connectivity index (χ4v) is 1.61. The fraction of sp³-hybridized carbons (Fsp3) is 0.889. The summed E-state index contributed by atoms with van der Waals surface area (Å²) in [5.74, 6) is -1.88. The molecule has 0 amide bonds. The average molecular weight is 221 g/mol. The van der Waals surface area contributed by atoms with Gasteiger partial charge in [0.05, 0.1) is 6.07 Å². The van der Waals surface area contributed by atoms with E-state index < -0.39 is 12.1 Å². The Morgan fingerprint density at radius 3 is 2.73 bits per heavy atom. The van der Waals surface area contributed by atoms with Gasteiger partial charge in [-0.3, -0.25) is 4.90 Å². The van der Waals surface area contributed by atoms with Gasteiger partial charge >= 0.3 is 6.18 Å². The van der Waals surface area contributed by atoms with Crippen LogP contribution in [-0.4, -0.2) is 43.3 Å². The SMILES string of the molecule is C[C@@H]1CNCCN1CC(C#N)C(F)(F)F. The second-order valence-electron chi connectivity index (χ2n) is 3.77. The molecule has 1 unspecified atom stereocenters. The molecule has 0 saturated carbocycles. The van der Waals surface area contributed by atoms with Gasteiger partial charge in [-0.2, -0.15) is 18.4 Å². The number of piperazine rings is 1. The van der Waals surface area contributed by atoms with E-state index in [0.717, 1.165) is 0 Å². The molecule has 15 heavy (non-hydrogen) atoms. The van der Waals surface area contributed by atoms with E-state index in [1.54, 1.807) is 4.90 Å². The summed E-state index contributed by atoms with van der Waals surface area (Å²) in [6.45, 7) is 3.56.